The minimum atomic E-state index is -0.209. The van der Waals surface area contributed by atoms with Crippen molar-refractivity contribution >= 4 is 52.1 Å². The van der Waals surface area contributed by atoms with Crippen LogP contribution in [0.25, 0.3) is 0 Å². The van der Waals surface area contributed by atoms with Crippen LogP contribution in [0.4, 0.5) is 17.1 Å². The summed E-state index contributed by atoms with van der Waals surface area (Å²) in [7, 11) is 1.62. The Morgan fingerprint density at radius 3 is 2.48 bits per heavy atom. The lowest BCUT2D eigenvalue weighted by Crippen LogP contribution is -2.25. The zero-order valence-corrected chi connectivity index (χ0v) is 20.9. The third-order valence-electron chi connectivity index (χ3n) is 5.03. The summed E-state index contributed by atoms with van der Waals surface area (Å²) in [6.45, 7) is 6.07. The Morgan fingerprint density at radius 1 is 0.970 bits per heavy atom. The van der Waals surface area contributed by atoms with E-state index in [1.54, 1.807) is 18.9 Å². The molecule has 3 aromatic carbocycles. The summed E-state index contributed by atoms with van der Waals surface area (Å²) in [4.78, 5) is 13.9. The molecule has 0 bridgehead atoms. The molecule has 0 saturated heterocycles. The molecule has 5 nitrogen and oxygen atoms in total. The van der Waals surface area contributed by atoms with E-state index >= 15 is 0 Å². The normalized spacial score (nSPS) is 11.4. The minimum Gasteiger partial charge on any atom is -0.495 e. The highest BCUT2D eigenvalue weighted by Crippen LogP contribution is 2.29. The third-order valence-corrected chi connectivity index (χ3v) is 6.59. The standard InChI is InChI=1S/C26H29N3O2S2/c1-5-24(25(30)28-21-14-13-17(2)15-18(21)3)33-20-10-8-9-19(16-20)27-26(32)29-22-11-6-7-12-23(22)31-4/h6-16,24H,5H2,1-4H3,(H,28,30)(H2,27,29,32). The van der Waals surface area contributed by atoms with Crippen LogP contribution in [0.2, 0.25) is 0 Å². The lowest BCUT2D eigenvalue weighted by atomic mass is 10.1. The molecule has 3 N–H and O–H groups in total. The number of carbonyl (C=O) groups excluding carboxylic acids is 1. The van der Waals surface area contributed by atoms with Crippen molar-refractivity contribution in [3.63, 3.8) is 0 Å². The highest BCUT2D eigenvalue weighted by atomic mass is 32.2. The summed E-state index contributed by atoms with van der Waals surface area (Å²) >= 11 is 7.01. The molecular weight excluding hydrogens is 450 g/mol. The first-order chi connectivity index (χ1) is 15.9. The number of methoxy groups -OCH3 is 1. The van der Waals surface area contributed by atoms with Gasteiger partial charge >= 0.3 is 0 Å². The maximum atomic E-state index is 12.9. The van der Waals surface area contributed by atoms with Crippen molar-refractivity contribution in [3.8, 4) is 5.75 Å². The molecule has 0 aliphatic rings. The molecule has 3 rings (SSSR count). The van der Waals surface area contributed by atoms with Crippen molar-refractivity contribution in [1.82, 2.24) is 0 Å². The second-order valence-corrected chi connectivity index (χ2v) is 9.31. The van der Waals surface area contributed by atoms with Crippen molar-refractivity contribution in [3.05, 3.63) is 77.9 Å². The Balaban J connectivity index is 1.64. The number of thiocarbonyl (C=S) groups is 1. The van der Waals surface area contributed by atoms with Crippen LogP contribution in [-0.4, -0.2) is 23.4 Å². The summed E-state index contributed by atoms with van der Waals surface area (Å²) < 4.78 is 5.36. The molecule has 1 atom stereocenters. The molecule has 33 heavy (non-hydrogen) atoms. The minimum absolute atomic E-state index is 0.00109. The quantitative estimate of drug-likeness (QED) is 0.249. The van der Waals surface area contributed by atoms with Gasteiger partial charge in [0.2, 0.25) is 5.91 Å². The van der Waals surface area contributed by atoms with Gasteiger partial charge in [-0.15, -0.1) is 11.8 Å². The smallest absolute Gasteiger partial charge is 0.237 e. The van der Waals surface area contributed by atoms with Gasteiger partial charge in [-0.3, -0.25) is 4.79 Å². The second-order valence-electron chi connectivity index (χ2n) is 7.63. The Hall–Kier alpha value is -3.03. The summed E-state index contributed by atoms with van der Waals surface area (Å²) in [5.74, 6) is 0.716. The van der Waals surface area contributed by atoms with Gasteiger partial charge in [-0.1, -0.05) is 42.8 Å². The Morgan fingerprint density at radius 2 is 1.76 bits per heavy atom. The first-order valence-corrected chi connectivity index (χ1v) is 12.0. The van der Waals surface area contributed by atoms with Gasteiger partial charge in [0.25, 0.3) is 0 Å². The number of carbonyl (C=O) groups is 1. The SMILES string of the molecule is CCC(Sc1cccc(NC(=S)Nc2ccccc2OC)c1)C(=O)Nc1ccc(C)cc1C. The summed E-state index contributed by atoms with van der Waals surface area (Å²) in [5.41, 5.74) is 4.72. The van der Waals surface area contributed by atoms with Crippen molar-refractivity contribution < 1.29 is 9.53 Å². The van der Waals surface area contributed by atoms with E-state index in [0.29, 0.717) is 17.3 Å². The number of hydrogen-bond donors (Lipinski definition) is 3. The van der Waals surface area contributed by atoms with Gasteiger partial charge in [0.1, 0.15) is 5.75 Å². The average Bonchev–Trinajstić information content (AvgIpc) is 2.79. The highest BCUT2D eigenvalue weighted by molar-refractivity contribution is 8.00. The topological polar surface area (TPSA) is 62.4 Å². The molecule has 0 heterocycles. The van der Waals surface area contributed by atoms with Gasteiger partial charge in [-0.05, 0) is 74.4 Å². The average molecular weight is 480 g/mol. The molecule has 0 aromatic heterocycles. The van der Waals surface area contributed by atoms with E-state index in [4.69, 9.17) is 17.0 Å². The van der Waals surface area contributed by atoms with Gasteiger partial charge in [-0.25, -0.2) is 0 Å². The van der Waals surface area contributed by atoms with Crippen molar-refractivity contribution in [2.45, 2.75) is 37.3 Å². The molecule has 3 aromatic rings. The zero-order chi connectivity index (χ0) is 23.8. The molecule has 1 unspecified atom stereocenters. The molecule has 0 aliphatic heterocycles. The summed E-state index contributed by atoms with van der Waals surface area (Å²) in [5, 5.41) is 9.69. The highest BCUT2D eigenvalue weighted by Gasteiger charge is 2.19. The number of para-hydroxylation sites is 2. The molecule has 172 valence electrons. The summed E-state index contributed by atoms with van der Waals surface area (Å²) in [6, 6.07) is 21.5. The Labute approximate surface area is 205 Å². The molecule has 0 fully saturated rings. The number of nitrogens with one attached hydrogen (secondary N) is 3. The molecule has 0 saturated carbocycles. The number of amides is 1. The fourth-order valence-electron chi connectivity index (χ4n) is 3.33. The fourth-order valence-corrected chi connectivity index (χ4v) is 4.57. The van der Waals surface area contributed by atoms with E-state index in [0.717, 1.165) is 27.5 Å². The van der Waals surface area contributed by atoms with Gasteiger partial charge in [0.05, 0.1) is 18.0 Å². The number of rotatable bonds is 8. The number of aryl methyl sites for hydroxylation is 2. The molecule has 7 heteroatoms. The first kappa shape index (κ1) is 24.6. The van der Waals surface area contributed by atoms with E-state index < -0.39 is 0 Å². The van der Waals surface area contributed by atoms with E-state index in [1.807, 2.05) is 81.4 Å². The Kier molecular flexibility index (Phi) is 8.74. The Bertz CT molecular complexity index is 1130. The van der Waals surface area contributed by atoms with Crippen LogP contribution in [0.3, 0.4) is 0 Å². The number of benzene rings is 3. The van der Waals surface area contributed by atoms with Crippen LogP contribution in [-0.2, 0) is 4.79 Å². The van der Waals surface area contributed by atoms with Crippen molar-refractivity contribution in [2.75, 3.05) is 23.1 Å². The van der Waals surface area contributed by atoms with Gasteiger partial charge in [0.15, 0.2) is 5.11 Å². The number of anilines is 3. The third kappa shape index (κ3) is 6.97. The van der Waals surface area contributed by atoms with Crippen LogP contribution in [0, 0.1) is 13.8 Å². The van der Waals surface area contributed by atoms with E-state index in [1.165, 1.54) is 5.56 Å². The lowest BCUT2D eigenvalue weighted by Gasteiger charge is -2.17. The maximum absolute atomic E-state index is 12.9. The second kappa shape index (κ2) is 11.7. The van der Waals surface area contributed by atoms with Gasteiger partial charge in [0, 0.05) is 16.3 Å². The van der Waals surface area contributed by atoms with E-state index in [2.05, 4.69) is 22.0 Å². The predicted octanol–water partition coefficient (Wildman–Crippen LogP) is 6.63. The van der Waals surface area contributed by atoms with Crippen molar-refractivity contribution in [2.24, 2.45) is 0 Å². The molecule has 0 spiro atoms. The van der Waals surface area contributed by atoms with Crippen LogP contribution in [0.5, 0.6) is 5.75 Å². The fraction of sp³-hybridized carbons (Fsp3) is 0.231. The van der Waals surface area contributed by atoms with Gasteiger partial charge < -0.3 is 20.7 Å². The number of ether oxygens (including phenoxy) is 1. The predicted molar refractivity (Wildman–Crippen MR) is 144 cm³/mol. The van der Waals surface area contributed by atoms with Crippen LogP contribution in [0.1, 0.15) is 24.5 Å². The molecule has 0 radical (unpaired) electrons. The molecule has 0 aliphatic carbocycles. The van der Waals surface area contributed by atoms with E-state index in [9.17, 15) is 4.79 Å². The van der Waals surface area contributed by atoms with Crippen LogP contribution in [0.15, 0.2) is 71.6 Å². The van der Waals surface area contributed by atoms with Crippen LogP contribution >= 0.6 is 24.0 Å². The number of thioether (sulfide) groups is 1. The maximum Gasteiger partial charge on any atom is 0.237 e. The summed E-state index contributed by atoms with van der Waals surface area (Å²) in [6.07, 6.45) is 0.715. The molecular formula is C26H29N3O2S2. The number of hydrogen-bond acceptors (Lipinski definition) is 4. The van der Waals surface area contributed by atoms with Crippen molar-refractivity contribution in [1.29, 1.82) is 0 Å². The monoisotopic (exact) mass is 479 g/mol. The van der Waals surface area contributed by atoms with Crippen LogP contribution < -0.4 is 20.7 Å². The zero-order valence-electron chi connectivity index (χ0n) is 19.3. The van der Waals surface area contributed by atoms with Gasteiger partial charge in [-0.2, -0.15) is 0 Å². The largest absolute Gasteiger partial charge is 0.495 e. The molecule has 1 amide bonds. The van der Waals surface area contributed by atoms with E-state index in [-0.39, 0.29) is 11.2 Å². The lowest BCUT2D eigenvalue weighted by molar-refractivity contribution is -0.115. The first-order valence-electron chi connectivity index (χ1n) is 10.8.